The van der Waals surface area contributed by atoms with Crippen LogP contribution in [-0.4, -0.2) is 35.6 Å². The van der Waals surface area contributed by atoms with E-state index in [2.05, 4.69) is 10.2 Å². The number of rotatable bonds is 3. The van der Waals surface area contributed by atoms with Gasteiger partial charge in [0.2, 0.25) is 0 Å². The average Bonchev–Trinajstić information content (AvgIpc) is 3.00. The van der Waals surface area contributed by atoms with Gasteiger partial charge < -0.3 is 10.2 Å². The molecule has 0 aromatic carbocycles. The zero-order valence-electron chi connectivity index (χ0n) is 12.0. The number of thiazole rings is 1. The molecule has 2 bridgehead atoms. The fraction of sp³-hybridized carbons (Fsp3) is 0.812. The smallest absolute Gasteiger partial charge is 0.115 e. The van der Waals surface area contributed by atoms with E-state index in [4.69, 9.17) is 4.98 Å². The second-order valence-electron chi connectivity index (χ2n) is 7.18. The minimum atomic E-state index is 0.201. The first-order chi connectivity index (χ1) is 9.83. The number of nitrogens with zero attached hydrogens (tertiary/aromatic N) is 2. The predicted octanol–water partition coefficient (Wildman–Crippen LogP) is 2.30. The third-order valence-corrected chi connectivity index (χ3v) is 7.11. The van der Waals surface area contributed by atoms with Crippen LogP contribution in [0.25, 0.3) is 0 Å². The molecular formula is C16H23N3S. The molecular weight excluding hydrogens is 266 g/mol. The number of piperidine rings is 3. The van der Waals surface area contributed by atoms with Crippen molar-refractivity contribution in [3.63, 3.8) is 0 Å². The summed E-state index contributed by atoms with van der Waals surface area (Å²) < 4.78 is 0. The number of aromatic nitrogens is 1. The van der Waals surface area contributed by atoms with Crippen LogP contribution in [0.3, 0.4) is 0 Å². The monoisotopic (exact) mass is 289 g/mol. The van der Waals surface area contributed by atoms with Crippen LogP contribution in [-0.2, 0) is 18.4 Å². The van der Waals surface area contributed by atoms with E-state index in [9.17, 15) is 0 Å². The van der Waals surface area contributed by atoms with Gasteiger partial charge in [-0.2, -0.15) is 0 Å². The fourth-order valence-corrected chi connectivity index (χ4v) is 5.88. The maximum Gasteiger partial charge on any atom is 0.115 e. The van der Waals surface area contributed by atoms with Crippen molar-refractivity contribution in [2.75, 3.05) is 19.6 Å². The van der Waals surface area contributed by atoms with Crippen LogP contribution in [0.5, 0.6) is 0 Å². The first-order valence-corrected chi connectivity index (χ1v) is 9.14. The first kappa shape index (κ1) is 12.1. The molecule has 0 radical (unpaired) electrons. The summed E-state index contributed by atoms with van der Waals surface area (Å²) in [5.74, 6) is 0.819. The summed E-state index contributed by atoms with van der Waals surface area (Å²) in [6, 6.07) is 0.772. The number of nitrogens with one attached hydrogen (secondary N) is 1. The Bertz CT molecular complexity index is 502. The number of aryl methyl sites for hydroxylation is 2. The fourth-order valence-electron chi connectivity index (χ4n) is 4.51. The summed E-state index contributed by atoms with van der Waals surface area (Å²) >= 11 is 2.04. The standard InChI is InChI=1S/C16H23N3S/c1-2-13-14(3-1)20-15(17-13)16(18-12-4-5-12)10-19-8-6-11(16)7-9-19/h11-12,18H,1-10H2. The second kappa shape index (κ2) is 4.28. The molecule has 4 heteroatoms. The van der Waals surface area contributed by atoms with E-state index in [-0.39, 0.29) is 5.54 Å². The normalized spacial score (nSPS) is 39.2. The van der Waals surface area contributed by atoms with Crippen LogP contribution >= 0.6 is 11.3 Å². The number of fused-ring (bicyclic) bond motifs is 4. The van der Waals surface area contributed by atoms with Crippen LogP contribution in [0.2, 0.25) is 0 Å². The predicted molar refractivity (Wildman–Crippen MR) is 81.1 cm³/mol. The van der Waals surface area contributed by atoms with E-state index in [1.165, 1.54) is 75.3 Å². The number of hydrogen-bond donors (Lipinski definition) is 1. The third-order valence-electron chi connectivity index (χ3n) is 5.77. The molecule has 5 aliphatic rings. The second-order valence-corrected chi connectivity index (χ2v) is 8.27. The Morgan fingerprint density at radius 1 is 1.15 bits per heavy atom. The van der Waals surface area contributed by atoms with Gasteiger partial charge in [0.15, 0.2) is 0 Å². The van der Waals surface area contributed by atoms with E-state index in [0.717, 1.165) is 12.0 Å². The molecule has 4 heterocycles. The van der Waals surface area contributed by atoms with Gasteiger partial charge in [-0.15, -0.1) is 11.3 Å². The van der Waals surface area contributed by atoms with Crippen LogP contribution in [0, 0.1) is 5.92 Å². The van der Waals surface area contributed by atoms with Crippen molar-refractivity contribution in [1.82, 2.24) is 15.2 Å². The third kappa shape index (κ3) is 1.74. The van der Waals surface area contributed by atoms with Crippen molar-refractivity contribution < 1.29 is 0 Å². The van der Waals surface area contributed by atoms with Gasteiger partial charge in [-0.05, 0) is 64.0 Å². The molecule has 6 rings (SSSR count). The SMILES string of the molecule is C1Cc2nc(C3(NC4CC4)CN4CCC3CC4)sc2C1. The van der Waals surface area contributed by atoms with Gasteiger partial charge in [-0.3, -0.25) is 0 Å². The Hall–Kier alpha value is -0.450. The first-order valence-electron chi connectivity index (χ1n) is 8.33. The van der Waals surface area contributed by atoms with Crippen LogP contribution in [0.15, 0.2) is 0 Å². The van der Waals surface area contributed by atoms with Gasteiger partial charge >= 0.3 is 0 Å². The molecule has 1 unspecified atom stereocenters. The van der Waals surface area contributed by atoms with Crippen molar-refractivity contribution in [2.45, 2.75) is 56.5 Å². The lowest BCUT2D eigenvalue weighted by atomic mass is 9.73. The number of hydrogen-bond acceptors (Lipinski definition) is 4. The summed E-state index contributed by atoms with van der Waals surface area (Å²) in [6.45, 7) is 3.83. The molecule has 108 valence electrons. The molecule has 2 aliphatic carbocycles. The van der Waals surface area contributed by atoms with Gasteiger partial charge in [-0.1, -0.05) is 0 Å². The van der Waals surface area contributed by atoms with Crippen LogP contribution < -0.4 is 5.32 Å². The highest BCUT2D eigenvalue weighted by molar-refractivity contribution is 7.12. The Morgan fingerprint density at radius 2 is 2.00 bits per heavy atom. The highest BCUT2D eigenvalue weighted by Crippen LogP contribution is 2.46. The lowest BCUT2D eigenvalue weighted by Crippen LogP contribution is -2.64. The van der Waals surface area contributed by atoms with E-state index >= 15 is 0 Å². The highest BCUT2D eigenvalue weighted by atomic mass is 32.1. The Morgan fingerprint density at radius 3 is 2.65 bits per heavy atom. The molecule has 0 spiro atoms. The van der Waals surface area contributed by atoms with Gasteiger partial charge in [0, 0.05) is 17.5 Å². The largest absolute Gasteiger partial charge is 0.301 e. The Labute approximate surface area is 124 Å². The molecule has 1 atom stereocenters. The average molecular weight is 289 g/mol. The summed E-state index contributed by atoms with van der Waals surface area (Å²) in [7, 11) is 0. The minimum absolute atomic E-state index is 0.201. The van der Waals surface area contributed by atoms with Gasteiger partial charge in [0.1, 0.15) is 5.01 Å². The lowest BCUT2D eigenvalue weighted by molar-refractivity contribution is 0.00170. The topological polar surface area (TPSA) is 28.2 Å². The van der Waals surface area contributed by atoms with Gasteiger partial charge in [-0.25, -0.2) is 4.98 Å². The zero-order chi connectivity index (χ0) is 13.2. The van der Waals surface area contributed by atoms with Crippen molar-refractivity contribution in [2.24, 2.45) is 5.92 Å². The molecule has 1 saturated carbocycles. The molecule has 20 heavy (non-hydrogen) atoms. The summed E-state index contributed by atoms with van der Waals surface area (Å²) in [4.78, 5) is 9.38. The maximum atomic E-state index is 5.12. The molecule has 3 aliphatic heterocycles. The molecule has 3 saturated heterocycles. The van der Waals surface area contributed by atoms with Crippen molar-refractivity contribution in [1.29, 1.82) is 0 Å². The maximum absolute atomic E-state index is 5.12. The van der Waals surface area contributed by atoms with Crippen molar-refractivity contribution >= 4 is 11.3 Å². The summed E-state index contributed by atoms with van der Waals surface area (Å²) in [5, 5.41) is 5.48. The molecule has 0 amide bonds. The van der Waals surface area contributed by atoms with Crippen LogP contribution in [0.1, 0.15) is 47.7 Å². The summed E-state index contributed by atoms with van der Waals surface area (Å²) in [6.07, 6.45) is 9.31. The minimum Gasteiger partial charge on any atom is -0.301 e. The molecule has 1 aromatic heterocycles. The molecule has 1 N–H and O–H groups in total. The van der Waals surface area contributed by atoms with E-state index in [1.54, 1.807) is 4.88 Å². The van der Waals surface area contributed by atoms with Crippen molar-refractivity contribution in [3.8, 4) is 0 Å². The van der Waals surface area contributed by atoms with Crippen LogP contribution in [0.4, 0.5) is 0 Å². The van der Waals surface area contributed by atoms with Gasteiger partial charge in [0.25, 0.3) is 0 Å². The Balaban J connectivity index is 1.56. The van der Waals surface area contributed by atoms with Gasteiger partial charge in [0.05, 0.1) is 11.2 Å². The quantitative estimate of drug-likeness (QED) is 0.925. The van der Waals surface area contributed by atoms with E-state index < -0.39 is 0 Å². The molecule has 4 fully saturated rings. The van der Waals surface area contributed by atoms with E-state index in [0.29, 0.717) is 0 Å². The Kier molecular flexibility index (Phi) is 2.59. The zero-order valence-corrected chi connectivity index (χ0v) is 12.8. The highest BCUT2D eigenvalue weighted by Gasteiger charge is 2.51. The van der Waals surface area contributed by atoms with E-state index in [1.807, 2.05) is 11.3 Å². The molecule has 3 nitrogen and oxygen atoms in total. The van der Waals surface area contributed by atoms with Crippen molar-refractivity contribution in [3.05, 3.63) is 15.6 Å². The lowest BCUT2D eigenvalue weighted by Gasteiger charge is -2.53. The summed E-state index contributed by atoms with van der Waals surface area (Å²) in [5.41, 5.74) is 1.63. The molecule has 1 aromatic rings.